The van der Waals surface area contributed by atoms with E-state index in [1.165, 1.54) is 16.2 Å². The summed E-state index contributed by atoms with van der Waals surface area (Å²) in [4.78, 5) is 37.7. The maximum Gasteiger partial charge on any atom is 0.407 e. The van der Waals surface area contributed by atoms with E-state index >= 15 is 0 Å². The van der Waals surface area contributed by atoms with Crippen LogP contribution in [0.25, 0.3) is 16.2 Å². The van der Waals surface area contributed by atoms with Crippen LogP contribution in [0.3, 0.4) is 0 Å². The number of hydrogen-bond donors (Lipinski definition) is 1. The Hall–Kier alpha value is -3.21. The molecule has 3 aromatic heterocycles. The molecule has 0 aromatic carbocycles. The molecule has 0 radical (unpaired) electrons. The maximum absolute atomic E-state index is 13.4. The van der Waals surface area contributed by atoms with Crippen molar-refractivity contribution in [3.05, 3.63) is 29.5 Å². The Morgan fingerprint density at radius 3 is 2.67 bits per heavy atom. The molecule has 1 saturated heterocycles. The Labute approximate surface area is 195 Å². The highest BCUT2D eigenvalue weighted by atomic mass is 32.1. The normalized spacial score (nSPS) is 14.7. The average molecular weight is 473 g/mol. The summed E-state index contributed by atoms with van der Waals surface area (Å²) in [5.41, 5.74) is 1.01. The van der Waals surface area contributed by atoms with Gasteiger partial charge in [-0.25, -0.2) is 14.3 Å². The quantitative estimate of drug-likeness (QED) is 0.558. The molecule has 0 spiro atoms. The summed E-state index contributed by atoms with van der Waals surface area (Å²) in [5, 5.41) is 15.5. The fourth-order valence-electron chi connectivity index (χ4n) is 4.00. The van der Waals surface area contributed by atoms with Crippen molar-refractivity contribution in [2.24, 2.45) is 0 Å². The van der Waals surface area contributed by atoms with Gasteiger partial charge in [-0.3, -0.25) is 4.79 Å². The van der Waals surface area contributed by atoms with E-state index in [1.807, 2.05) is 25.4 Å². The van der Waals surface area contributed by atoms with Crippen molar-refractivity contribution in [3.63, 3.8) is 0 Å². The van der Waals surface area contributed by atoms with Crippen LogP contribution in [0, 0.1) is 0 Å². The number of amides is 2. The van der Waals surface area contributed by atoms with E-state index in [9.17, 15) is 14.7 Å². The SMILES string of the molecule is CCC(CC)Oc1cc(C(=O)N2CCC(N(C)C(=O)O)CC2)nc(-c2cnn3ccsc23)n1. The highest BCUT2D eigenvalue weighted by Crippen LogP contribution is 2.28. The van der Waals surface area contributed by atoms with Gasteiger partial charge >= 0.3 is 6.09 Å². The molecular weight excluding hydrogens is 444 g/mol. The van der Waals surface area contributed by atoms with Crippen molar-refractivity contribution in [3.8, 4) is 17.3 Å². The van der Waals surface area contributed by atoms with Gasteiger partial charge in [-0.05, 0) is 25.7 Å². The summed E-state index contributed by atoms with van der Waals surface area (Å²) in [7, 11) is 1.57. The van der Waals surface area contributed by atoms with Crippen molar-refractivity contribution >= 4 is 28.2 Å². The van der Waals surface area contributed by atoms with Crippen LogP contribution in [-0.4, -0.2) is 78.8 Å². The molecule has 10 nitrogen and oxygen atoms in total. The average Bonchev–Trinajstić information content (AvgIpc) is 3.45. The molecule has 0 atom stereocenters. The summed E-state index contributed by atoms with van der Waals surface area (Å²) >= 11 is 1.52. The molecule has 4 rings (SSSR count). The number of carbonyl (C=O) groups excluding carboxylic acids is 1. The second kappa shape index (κ2) is 9.74. The van der Waals surface area contributed by atoms with Gasteiger partial charge in [-0.2, -0.15) is 10.1 Å². The third-order valence-corrected chi connectivity index (χ3v) is 6.98. The number of ether oxygens (including phenoxy) is 1. The third-order valence-electron chi connectivity index (χ3n) is 6.09. The molecule has 2 amide bonds. The van der Waals surface area contributed by atoms with Crippen LogP contribution in [0.15, 0.2) is 23.8 Å². The summed E-state index contributed by atoms with van der Waals surface area (Å²) < 4.78 is 7.83. The lowest BCUT2D eigenvalue weighted by atomic mass is 10.0. The molecule has 4 heterocycles. The van der Waals surface area contributed by atoms with Gasteiger partial charge in [0.1, 0.15) is 10.5 Å². The van der Waals surface area contributed by atoms with Crippen LogP contribution < -0.4 is 4.74 Å². The largest absolute Gasteiger partial charge is 0.474 e. The molecule has 3 aromatic rings. The number of fused-ring (bicyclic) bond motifs is 1. The number of carboxylic acid groups (broad SMARTS) is 1. The topological polar surface area (TPSA) is 113 Å². The van der Waals surface area contributed by atoms with E-state index < -0.39 is 6.09 Å². The van der Waals surface area contributed by atoms with Gasteiger partial charge in [0, 0.05) is 43.8 Å². The summed E-state index contributed by atoms with van der Waals surface area (Å²) in [6, 6.07) is 1.51. The summed E-state index contributed by atoms with van der Waals surface area (Å²) in [6.45, 7) is 5.03. The van der Waals surface area contributed by atoms with E-state index in [1.54, 1.807) is 28.7 Å². The Balaban J connectivity index is 1.62. The highest BCUT2D eigenvalue weighted by molar-refractivity contribution is 7.16. The number of nitrogens with zero attached hydrogens (tertiary/aromatic N) is 6. The summed E-state index contributed by atoms with van der Waals surface area (Å²) in [5.74, 6) is 0.562. The van der Waals surface area contributed by atoms with Crippen LogP contribution in [0.2, 0.25) is 0 Å². The van der Waals surface area contributed by atoms with Crippen LogP contribution in [0.4, 0.5) is 4.79 Å². The number of aromatic nitrogens is 4. The molecule has 1 N–H and O–H groups in total. The Morgan fingerprint density at radius 2 is 2.00 bits per heavy atom. The molecule has 11 heteroatoms. The first-order chi connectivity index (χ1) is 15.9. The van der Waals surface area contributed by atoms with Gasteiger partial charge in [-0.1, -0.05) is 13.8 Å². The van der Waals surface area contributed by atoms with E-state index in [0.29, 0.717) is 37.6 Å². The first-order valence-electron chi connectivity index (χ1n) is 11.1. The van der Waals surface area contributed by atoms with E-state index in [0.717, 1.165) is 23.2 Å². The molecule has 0 aliphatic carbocycles. The minimum absolute atomic E-state index is 0.00748. The second-order valence-corrected chi connectivity index (χ2v) is 8.99. The molecule has 176 valence electrons. The fourth-order valence-corrected chi connectivity index (χ4v) is 4.79. The smallest absolute Gasteiger partial charge is 0.407 e. The number of likely N-dealkylation sites (tertiary alicyclic amines) is 1. The monoisotopic (exact) mass is 472 g/mol. The first-order valence-corrected chi connectivity index (χ1v) is 12.0. The molecular formula is C22H28N6O4S. The lowest BCUT2D eigenvalue weighted by Gasteiger charge is -2.35. The standard InChI is InChI=1S/C22H28N6O4S/c1-4-15(5-2)32-18-12-17(20(29)27-8-6-14(7-9-27)26(3)22(30)31)24-19(25-18)16-13-23-28-10-11-33-21(16)28/h10-15H,4-9H2,1-3H3,(H,30,31). The van der Waals surface area contributed by atoms with Gasteiger partial charge in [0.2, 0.25) is 5.88 Å². The van der Waals surface area contributed by atoms with E-state index in [-0.39, 0.29) is 23.7 Å². The molecule has 0 saturated carbocycles. The van der Waals surface area contributed by atoms with Crippen molar-refractivity contribution < 1.29 is 19.4 Å². The van der Waals surface area contributed by atoms with Crippen LogP contribution in [-0.2, 0) is 0 Å². The van der Waals surface area contributed by atoms with E-state index in [4.69, 9.17) is 4.74 Å². The lowest BCUT2D eigenvalue weighted by Crippen LogP contribution is -2.47. The molecule has 1 aliphatic rings. The minimum atomic E-state index is -0.954. The number of piperidine rings is 1. The van der Waals surface area contributed by atoms with Crippen LogP contribution >= 0.6 is 11.3 Å². The number of carbonyl (C=O) groups is 2. The number of thiazole rings is 1. The zero-order chi connectivity index (χ0) is 23.5. The lowest BCUT2D eigenvalue weighted by molar-refractivity contribution is 0.0637. The molecule has 0 unspecified atom stereocenters. The zero-order valence-corrected chi connectivity index (χ0v) is 19.8. The number of rotatable bonds is 7. The van der Waals surface area contributed by atoms with Crippen molar-refractivity contribution in [2.75, 3.05) is 20.1 Å². The predicted molar refractivity (Wildman–Crippen MR) is 124 cm³/mol. The fraction of sp³-hybridized carbons (Fsp3) is 0.500. The van der Waals surface area contributed by atoms with Gasteiger partial charge in [0.05, 0.1) is 17.9 Å². The van der Waals surface area contributed by atoms with Crippen molar-refractivity contribution in [2.45, 2.75) is 51.7 Å². The first kappa shape index (κ1) is 23.0. The third kappa shape index (κ3) is 4.77. The van der Waals surface area contributed by atoms with Crippen molar-refractivity contribution in [1.82, 2.24) is 29.4 Å². The maximum atomic E-state index is 13.4. The van der Waals surface area contributed by atoms with Gasteiger partial charge in [0.25, 0.3) is 5.91 Å². The van der Waals surface area contributed by atoms with Gasteiger partial charge in [0.15, 0.2) is 5.82 Å². The molecule has 33 heavy (non-hydrogen) atoms. The predicted octanol–water partition coefficient (Wildman–Crippen LogP) is 3.63. The highest BCUT2D eigenvalue weighted by Gasteiger charge is 2.29. The van der Waals surface area contributed by atoms with E-state index in [2.05, 4.69) is 15.1 Å². The molecule has 1 aliphatic heterocycles. The Bertz CT molecular complexity index is 1130. The minimum Gasteiger partial charge on any atom is -0.474 e. The van der Waals surface area contributed by atoms with Gasteiger partial charge < -0.3 is 19.6 Å². The summed E-state index contributed by atoms with van der Waals surface area (Å²) in [6.07, 6.45) is 5.42. The molecule has 0 bridgehead atoms. The molecule has 1 fully saturated rings. The van der Waals surface area contributed by atoms with Crippen molar-refractivity contribution in [1.29, 1.82) is 0 Å². The number of hydrogen-bond acceptors (Lipinski definition) is 7. The second-order valence-electron chi connectivity index (χ2n) is 8.10. The zero-order valence-electron chi connectivity index (χ0n) is 19.0. The Morgan fingerprint density at radius 1 is 1.27 bits per heavy atom. The Kier molecular flexibility index (Phi) is 6.77. The van der Waals surface area contributed by atoms with Crippen LogP contribution in [0.1, 0.15) is 50.0 Å². The van der Waals surface area contributed by atoms with Gasteiger partial charge in [-0.15, -0.1) is 11.3 Å². The van der Waals surface area contributed by atoms with Crippen LogP contribution in [0.5, 0.6) is 5.88 Å².